The summed E-state index contributed by atoms with van der Waals surface area (Å²) < 4.78 is 60.3. The van der Waals surface area contributed by atoms with Gasteiger partial charge in [-0.05, 0) is 104 Å². The zero-order valence-electron chi connectivity index (χ0n) is 49.3. The fourth-order valence-corrected chi connectivity index (χ4v) is 17.5. The molecule has 0 amide bonds. The smallest absolute Gasteiger partial charge is 0.315 e. The highest BCUT2D eigenvalue weighted by Gasteiger charge is 2.72. The van der Waals surface area contributed by atoms with Gasteiger partial charge in [-0.15, -0.1) is 0 Å². The van der Waals surface area contributed by atoms with Crippen molar-refractivity contribution in [2.45, 2.75) is 253 Å². The molecule has 0 spiro atoms. The maximum atomic E-state index is 15.8. The van der Waals surface area contributed by atoms with Crippen LogP contribution in [0.1, 0.15) is 106 Å². The van der Waals surface area contributed by atoms with Gasteiger partial charge in [0.25, 0.3) is 0 Å². The van der Waals surface area contributed by atoms with Crippen molar-refractivity contribution in [3.8, 4) is 0 Å². The van der Waals surface area contributed by atoms with Crippen LogP contribution in [-0.4, -0.2) is 274 Å². The van der Waals surface area contributed by atoms with Crippen LogP contribution in [0.4, 0.5) is 0 Å². The molecule has 27 nitrogen and oxygen atoms in total. The Hall–Kier alpha value is -1.79. The third-order valence-electron chi connectivity index (χ3n) is 22.9. The fraction of sp³-hybridized carbons (Fsp3) is 0.948. The molecule has 0 aromatic carbocycles. The van der Waals surface area contributed by atoms with E-state index in [9.17, 15) is 81.7 Å². The summed E-state index contributed by atoms with van der Waals surface area (Å²) in [4.78, 5) is 15.8. The number of esters is 1. The predicted molar refractivity (Wildman–Crippen MR) is 285 cm³/mol. The summed E-state index contributed by atoms with van der Waals surface area (Å²) in [7, 11) is 0. The number of ether oxygens (including phenoxy) is 10. The van der Waals surface area contributed by atoms with Gasteiger partial charge in [0.2, 0.25) is 6.29 Å². The molecule has 5 aliphatic carbocycles. The third kappa shape index (κ3) is 10.8. The number of hydrogen-bond acceptors (Lipinski definition) is 27. The number of carbonyl (C=O) groups is 1. The lowest BCUT2D eigenvalue weighted by Gasteiger charge is -2.72. The number of rotatable bonds is 14. The molecule has 4 saturated carbocycles. The zero-order valence-corrected chi connectivity index (χ0v) is 49.3. The van der Waals surface area contributed by atoms with Crippen molar-refractivity contribution in [3.63, 3.8) is 0 Å². The Morgan fingerprint density at radius 1 is 0.588 bits per heavy atom. The zero-order chi connectivity index (χ0) is 62.1. The van der Waals surface area contributed by atoms with Gasteiger partial charge in [-0.25, -0.2) is 0 Å². The maximum Gasteiger partial charge on any atom is 0.315 e. The van der Waals surface area contributed by atoms with E-state index in [0.29, 0.717) is 51.4 Å². The summed E-state index contributed by atoms with van der Waals surface area (Å²) >= 11 is 0. The normalized spacial score (nSPS) is 55.1. The van der Waals surface area contributed by atoms with Crippen molar-refractivity contribution in [3.05, 3.63) is 11.6 Å². The topological polar surface area (TPSA) is 433 Å². The molecule has 32 atom stereocenters. The van der Waals surface area contributed by atoms with Crippen LogP contribution in [-0.2, 0) is 52.2 Å². The Balaban J connectivity index is 0.943. The standard InChI is InChI=1S/C58H94O27/c1-24-41(81-46-38(70)33(65)28(64)20-76-46)37(69)40(72)47(78-24)83-43-42(82-50-44(73)58(75,22-62)23-77-50)35(67)30(19-60)80-49(43)85-51(74)57-14-12-52(2,3)16-26(57)25-8-9-32-53(4)17-27(63)45(84-48-39(71)36(68)34(66)29(18-59)79-48)54(5,21-61)31(53)10-11-56(32,7)55(25,6)13-15-57/h8,24,26-50,59-73,75H,9-23H2,1-7H3. The summed E-state index contributed by atoms with van der Waals surface area (Å²) in [5, 5.41) is 175. The van der Waals surface area contributed by atoms with E-state index in [1.165, 1.54) is 6.92 Å². The minimum Gasteiger partial charge on any atom is -0.432 e. The summed E-state index contributed by atoms with van der Waals surface area (Å²) in [6.45, 7) is 10.3. The Morgan fingerprint density at radius 3 is 1.86 bits per heavy atom. The van der Waals surface area contributed by atoms with Gasteiger partial charge in [-0.3, -0.25) is 4.79 Å². The van der Waals surface area contributed by atoms with E-state index in [1.807, 2.05) is 6.92 Å². The quantitative estimate of drug-likeness (QED) is 0.0448. The lowest BCUT2D eigenvalue weighted by Crippen LogP contribution is -2.69. The van der Waals surface area contributed by atoms with Crippen LogP contribution in [0.15, 0.2) is 11.6 Å². The second-order valence-corrected chi connectivity index (χ2v) is 28.3. The summed E-state index contributed by atoms with van der Waals surface area (Å²) in [5.74, 6) is -1.44. The average Bonchev–Trinajstić information content (AvgIpc) is 0.971. The number of fused-ring (bicyclic) bond motifs is 7. The Kier molecular flexibility index (Phi) is 18.7. The van der Waals surface area contributed by atoms with E-state index in [2.05, 4.69) is 40.7 Å². The molecule has 32 unspecified atom stereocenters. The number of aliphatic hydroxyl groups excluding tert-OH is 15. The third-order valence-corrected chi connectivity index (χ3v) is 22.9. The minimum absolute atomic E-state index is 0.0742. The van der Waals surface area contributed by atoms with Crippen LogP contribution in [0.2, 0.25) is 0 Å². The van der Waals surface area contributed by atoms with Gasteiger partial charge in [-0.2, -0.15) is 0 Å². The van der Waals surface area contributed by atoms with E-state index in [0.717, 1.165) is 5.57 Å². The highest BCUT2D eigenvalue weighted by atomic mass is 16.8. The molecule has 0 aromatic rings. The molecule has 5 saturated heterocycles. The van der Waals surface area contributed by atoms with Gasteiger partial charge in [0.15, 0.2) is 31.3 Å². The van der Waals surface area contributed by atoms with E-state index >= 15 is 4.79 Å². The minimum atomic E-state index is -2.21. The Bertz CT molecular complexity index is 2390. The molecule has 9 fully saturated rings. The monoisotopic (exact) mass is 1220 g/mol. The molecular formula is C58H94O27. The van der Waals surface area contributed by atoms with Gasteiger partial charge in [0.05, 0.1) is 63.4 Å². The van der Waals surface area contributed by atoms with Gasteiger partial charge in [0, 0.05) is 5.41 Å². The molecule has 488 valence electrons. The predicted octanol–water partition coefficient (Wildman–Crippen LogP) is -3.96. The van der Waals surface area contributed by atoms with Crippen LogP contribution in [0.3, 0.4) is 0 Å². The number of hydrogen-bond donors (Lipinski definition) is 16. The summed E-state index contributed by atoms with van der Waals surface area (Å²) in [6, 6.07) is 0. The molecule has 16 N–H and O–H groups in total. The van der Waals surface area contributed by atoms with Crippen molar-refractivity contribution in [1.82, 2.24) is 0 Å². The van der Waals surface area contributed by atoms with Crippen molar-refractivity contribution in [1.29, 1.82) is 0 Å². The van der Waals surface area contributed by atoms with Crippen molar-refractivity contribution in [2.75, 3.05) is 39.6 Å². The van der Waals surface area contributed by atoms with Crippen molar-refractivity contribution >= 4 is 5.97 Å². The van der Waals surface area contributed by atoms with Crippen LogP contribution < -0.4 is 0 Å². The molecule has 5 aliphatic heterocycles. The first-order valence-corrected chi connectivity index (χ1v) is 30.2. The second-order valence-electron chi connectivity index (χ2n) is 28.3. The summed E-state index contributed by atoms with van der Waals surface area (Å²) in [5.41, 5.74) is -5.32. The molecule has 0 radical (unpaired) electrons. The fourth-order valence-electron chi connectivity index (χ4n) is 17.5. The van der Waals surface area contributed by atoms with Crippen LogP contribution in [0, 0.1) is 50.2 Å². The largest absolute Gasteiger partial charge is 0.432 e. The average molecular weight is 1220 g/mol. The molecule has 10 aliphatic rings. The highest BCUT2D eigenvalue weighted by molar-refractivity contribution is 5.79. The first kappa shape index (κ1) is 66.1. The molecular weight excluding hydrogens is 1130 g/mol. The van der Waals surface area contributed by atoms with Crippen molar-refractivity contribution in [2.24, 2.45) is 50.2 Å². The van der Waals surface area contributed by atoms with Gasteiger partial charge in [-0.1, -0.05) is 53.2 Å². The van der Waals surface area contributed by atoms with E-state index in [-0.39, 0.29) is 23.7 Å². The molecule has 10 rings (SSSR count). The Morgan fingerprint density at radius 2 is 1.20 bits per heavy atom. The maximum absolute atomic E-state index is 15.8. The molecule has 85 heavy (non-hydrogen) atoms. The van der Waals surface area contributed by atoms with Gasteiger partial charge >= 0.3 is 5.97 Å². The number of carbonyl (C=O) groups excluding carboxylic acids is 1. The summed E-state index contributed by atoms with van der Waals surface area (Å²) in [6.07, 6.45) is -31.0. The lowest BCUT2D eigenvalue weighted by atomic mass is 9.33. The van der Waals surface area contributed by atoms with Crippen LogP contribution >= 0.6 is 0 Å². The first-order valence-electron chi connectivity index (χ1n) is 30.2. The lowest BCUT2D eigenvalue weighted by molar-refractivity contribution is -0.384. The van der Waals surface area contributed by atoms with Gasteiger partial charge in [0.1, 0.15) is 91.1 Å². The van der Waals surface area contributed by atoms with E-state index in [1.54, 1.807) is 0 Å². The number of aliphatic hydroxyl groups is 16. The van der Waals surface area contributed by atoms with Crippen LogP contribution in [0.5, 0.6) is 0 Å². The molecule has 0 aromatic heterocycles. The SMILES string of the molecule is CC1OC(OC2C(OC(=O)C34CCC(C)(C)CC3C3=CCC5C6(C)CC(O)C(OC7OC(CO)C(O)C(O)C7O)C(C)(CO)C6CCC5(C)C3(C)CC4)OC(CO)C(O)C2OC2OCC(O)(CO)C2O)C(O)C(O)C1OC1OCC(O)C(O)C1O. The molecule has 27 heteroatoms. The highest BCUT2D eigenvalue weighted by Crippen LogP contribution is 2.76. The second kappa shape index (κ2) is 24.0. The molecule has 0 bridgehead atoms. The van der Waals surface area contributed by atoms with Crippen molar-refractivity contribution < 1.29 is 134 Å². The van der Waals surface area contributed by atoms with Crippen LogP contribution in [0.25, 0.3) is 0 Å². The van der Waals surface area contributed by atoms with Gasteiger partial charge < -0.3 is 129 Å². The number of allylic oxidation sites excluding steroid dienone is 2. The van der Waals surface area contributed by atoms with E-state index in [4.69, 9.17) is 47.4 Å². The van der Waals surface area contributed by atoms with E-state index < -0.39 is 226 Å². The first-order chi connectivity index (χ1) is 39.8. The Labute approximate surface area is 493 Å². The molecule has 5 heterocycles.